The van der Waals surface area contributed by atoms with Gasteiger partial charge in [0, 0.05) is 10.5 Å². The van der Waals surface area contributed by atoms with Gasteiger partial charge in [0.15, 0.2) is 18.2 Å². The molecule has 5 nitrogen and oxygen atoms in total. The van der Waals surface area contributed by atoms with Crippen molar-refractivity contribution in [2.24, 2.45) is 0 Å². The van der Waals surface area contributed by atoms with E-state index in [-0.39, 0.29) is 11.8 Å². The van der Waals surface area contributed by atoms with E-state index in [0.717, 1.165) is 6.42 Å². The van der Waals surface area contributed by atoms with Crippen molar-refractivity contribution in [3.05, 3.63) is 28.5 Å². The van der Waals surface area contributed by atoms with Gasteiger partial charge in [-0.05, 0) is 31.5 Å². The molecule has 7 heteroatoms. The third kappa shape index (κ3) is 5.56. The molecule has 0 bridgehead atoms. The lowest BCUT2D eigenvalue weighted by atomic mass is 10.3. The van der Waals surface area contributed by atoms with Crippen LogP contribution in [0.15, 0.2) is 22.7 Å². The number of halogens is 2. The van der Waals surface area contributed by atoms with Crippen LogP contribution in [0.25, 0.3) is 0 Å². The highest BCUT2D eigenvalue weighted by atomic mass is 79.9. The molecule has 0 spiro atoms. The van der Waals surface area contributed by atoms with Gasteiger partial charge in [0.1, 0.15) is 0 Å². The molecule has 0 aliphatic rings. The smallest absolute Gasteiger partial charge is 0.321 e. The number of amides is 3. The van der Waals surface area contributed by atoms with Gasteiger partial charge >= 0.3 is 6.03 Å². The van der Waals surface area contributed by atoms with Crippen molar-refractivity contribution in [2.75, 3.05) is 6.61 Å². The molecule has 0 radical (unpaired) electrons. The normalized spacial score (nSPS) is 11.6. The van der Waals surface area contributed by atoms with Gasteiger partial charge < -0.3 is 10.1 Å². The van der Waals surface area contributed by atoms with Crippen LogP contribution in [0.1, 0.15) is 20.3 Å². The minimum absolute atomic E-state index is 0.0346. The minimum atomic E-state index is -0.645. The van der Waals surface area contributed by atoms with E-state index in [1.807, 2.05) is 13.8 Å². The summed E-state index contributed by atoms with van der Waals surface area (Å²) in [6, 6.07) is 3.58. The molecule has 110 valence electrons. The lowest BCUT2D eigenvalue weighted by Crippen LogP contribution is -2.44. The molecule has 0 saturated heterocycles. The van der Waals surface area contributed by atoms with Crippen molar-refractivity contribution >= 4 is 27.9 Å². The predicted octanol–water partition coefficient (Wildman–Crippen LogP) is 2.59. The number of nitrogens with one attached hydrogen (secondary N) is 2. The van der Waals surface area contributed by atoms with Crippen LogP contribution in [-0.4, -0.2) is 24.6 Å². The second-order valence-corrected chi connectivity index (χ2v) is 5.11. The van der Waals surface area contributed by atoms with Crippen LogP contribution in [-0.2, 0) is 4.79 Å². The molecule has 2 N–H and O–H groups in total. The Labute approximate surface area is 125 Å². The van der Waals surface area contributed by atoms with Crippen molar-refractivity contribution in [3.8, 4) is 5.75 Å². The Morgan fingerprint density at radius 2 is 2.15 bits per heavy atom. The van der Waals surface area contributed by atoms with Gasteiger partial charge in [-0.15, -0.1) is 0 Å². The van der Waals surface area contributed by atoms with Crippen molar-refractivity contribution < 1.29 is 18.7 Å². The summed E-state index contributed by atoms with van der Waals surface area (Å²) < 4.78 is 19.0. The van der Waals surface area contributed by atoms with Gasteiger partial charge in [-0.25, -0.2) is 9.18 Å². The molecule has 0 aliphatic carbocycles. The van der Waals surface area contributed by atoms with Gasteiger partial charge in [0.2, 0.25) is 0 Å². The molecule has 0 unspecified atom stereocenters. The van der Waals surface area contributed by atoms with Gasteiger partial charge in [-0.1, -0.05) is 22.9 Å². The predicted molar refractivity (Wildman–Crippen MR) is 76.0 cm³/mol. The van der Waals surface area contributed by atoms with Crippen molar-refractivity contribution in [1.29, 1.82) is 0 Å². The number of imide groups is 1. The Hall–Kier alpha value is -1.63. The van der Waals surface area contributed by atoms with E-state index in [2.05, 4.69) is 26.6 Å². The molecule has 0 heterocycles. The number of urea groups is 1. The third-order valence-corrected chi connectivity index (χ3v) is 2.99. The van der Waals surface area contributed by atoms with Crippen LogP contribution in [0, 0.1) is 5.82 Å². The molecule has 20 heavy (non-hydrogen) atoms. The number of hydrogen-bond acceptors (Lipinski definition) is 3. The first-order valence-corrected chi connectivity index (χ1v) is 6.89. The highest BCUT2D eigenvalue weighted by Crippen LogP contribution is 2.21. The summed E-state index contributed by atoms with van der Waals surface area (Å²) in [5, 5.41) is 4.67. The molecule has 1 rings (SSSR count). The molecule has 0 aliphatic heterocycles. The van der Waals surface area contributed by atoms with E-state index in [1.165, 1.54) is 12.1 Å². The van der Waals surface area contributed by atoms with Crippen LogP contribution >= 0.6 is 15.9 Å². The zero-order valence-electron chi connectivity index (χ0n) is 11.2. The average Bonchev–Trinajstić information content (AvgIpc) is 2.37. The molecule has 1 aromatic rings. The largest absolute Gasteiger partial charge is 0.481 e. The summed E-state index contributed by atoms with van der Waals surface area (Å²) in [6.45, 7) is 3.29. The fourth-order valence-corrected chi connectivity index (χ4v) is 1.59. The number of carbonyl (C=O) groups is 2. The molecular weight excluding hydrogens is 331 g/mol. The van der Waals surface area contributed by atoms with Crippen molar-refractivity contribution in [3.63, 3.8) is 0 Å². The lowest BCUT2D eigenvalue weighted by molar-refractivity contribution is -0.122. The van der Waals surface area contributed by atoms with Gasteiger partial charge in [0.25, 0.3) is 5.91 Å². The molecule has 0 saturated carbocycles. The van der Waals surface area contributed by atoms with E-state index < -0.39 is 24.4 Å². The van der Waals surface area contributed by atoms with Gasteiger partial charge in [0.05, 0.1) is 0 Å². The average molecular weight is 347 g/mol. The lowest BCUT2D eigenvalue weighted by Gasteiger charge is -2.12. The summed E-state index contributed by atoms with van der Waals surface area (Å²) in [5.41, 5.74) is 0. The van der Waals surface area contributed by atoms with E-state index in [1.54, 1.807) is 6.07 Å². The zero-order valence-corrected chi connectivity index (χ0v) is 12.8. The first-order chi connectivity index (χ1) is 9.42. The standard InChI is InChI=1S/C13H16BrFN2O3/c1-3-8(2)16-13(19)17-12(18)7-20-11-5-4-9(14)6-10(11)15/h4-6,8H,3,7H2,1-2H3,(H2,16,17,18,19)/t8-/m1/s1. The second kappa shape index (κ2) is 7.84. The highest BCUT2D eigenvalue weighted by Gasteiger charge is 2.11. The van der Waals surface area contributed by atoms with Crippen LogP contribution in [0.5, 0.6) is 5.75 Å². The van der Waals surface area contributed by atoms with Crippen LogP contribution in [0.4, 0.5) is 9.18 Å². The molecule has 0 aromatic heterocycles. The van der Waals surface area contributed by atoms with Gasteiger partial charge in [-0.2, -0.15) is 0 Å². The summed E-state index contributed by atoms with van der Waals surface area (Å²) in [6.07, 6.45) is 0.752. The van der Waals surface area contributed by atoms with E-state index in [0.29, 0.717) is 4.47 Å². The highest BCUT2D eigenvalue weighted by molar-refractivity contribution is 9.10. The van der Waals surface area contributed by atoms with Crippen molar-refractivity contribution in [1.82, 2.24) is 10.6 Å². The fourth-order valence-electron chi connectivity index (χ4n) is 1.26. The van der Waals surface area contributed by atoms with Crippen LogP contribution in [0.2, 0.25) is 0 Å². The Bertz CT molecular complexity index is 497. The number of carbonyl (C=O) groups excluding carboxylic acids is 2. The number of hydrogen-bond donors (Lipinski definition) is 2. The first-order valence-electron chi connectivity index (χ1n) is 6.10. The number of rotatable bonds is 5. The molecule has 1 atom stereocenters. The molecule has 0 fully saturated rings. The summed E-state index contributed by atoms with van der Waals surface area (Å²) >= 11 is 3.11. The molecule has 1 aromatic carbocycles. The second-order valence-electron chi connectivity index (χ2n) is 4.19. The summed E-state index contributed by atoms with van der Waals surface area (Å²) in [5.74, 6) is -1.28. The molecular formula is C13H16BrFN2O3. The maximum atomic E-state index is 13.4. The number of ether oxygens (including phenoxy) is 1. The maximum Gasteiger partial charge on any atom is 0.321 e. The van der Waals surface area contributed by atoms with Crippen LogP contribution < -0.4 is 15.4 Å². The Balaban J connectivity index is 2.41. The Morgan fingerprint density at radius 3 is 2.75 bits per heavy atom. The minimum Gasteiger partial charge on any atom is -0.481 e. The Morgan fingerprint density at radius 1 is 1.45 bits per heavy atom. The van der Waals surface area contributed by atoms with Crippen molar-refractivity contribution in [2.45, 2.75) is 26.3 Å². The van der Waals surface area contributed by atoms with E-state index >= 15 is 0 Å². The zero-order chi connectivity index (χ0) is 15.1. The maximum absolute atomic E-state index is 13.4. The summed E-state index contributed by atoms with van der Waals surface area (Å²) in [4.78, 5) is 22.8. The first kappa shape index (κ1) is 16.4. The quantitative estimate of drug-likeness (QED) is 0.860. The molecule has 3 amide bonds. The van der Waals surface area contributed by atoms with Gasteiger partial charge in [-0.3, -0.25) is 10.1 Å². The van der Waals surface area contributed by atoms with E-state index in [4.69, 9.17) is 4.74 Å². The van der Waals surface area contributed by atoms with E-state index in [9.17, 15) is 14.0 Å². The fraction of sp³-hybridized carbons (Fsp3) is 0.385. The third-order valence-electron chi connectivity index (χ3n) is 2.50. The van der Waals surface area contributed by atoms with Crippen LogP contribution in [0.3, 0.4) is 0 Å². The number of benzene rings is 1. The monoisotopic (exact) mass is 346 g/mol. The summed E-state index contributed by atoms with van der Waals surface area (Å²) in [7, 11) is 0. The topological polar surface area (TPSA) is 67.4 Å². The Kier molecular flexibility index (Phi) is 6.44. The SMILES string of the molecule is CC[C@@H](C)NC(=O)NC(=O)COc1ccc(Br)cc1F.